The molecule has 1 atom stereocenters. The fourth-order valence-electron chi connectivity index (χ4n) is 4.27. The van der Waals surface area contributed by atoms with E-state index < -0.39 is 16.1 Å². The van der Waals surface area contributed by atoms with Crippen LogP contribution in [0.5, 0.6) is 11.5 Å². The number of Topliss-reactive ketones (excluding diaryl/α,β-unsaturated/α-hetero) is 1. The predicted octanol–water partition coefficient (Wildman–Crippen LogP) is 4.57. The maximum Gasteiger partial charge on any atom is 0.243 e. The normalized spacial score (nSPS) is 16.2. The van der Waals surface area contributed by atoms with E-state index in [9.17, 15) is 13.2 Å². The molecule has 33 heavy (non-hydrogen) atoms. The van der Waals surface area contributed by atoms with E-state index in [1.54, 1.807) is 61.7 Å². The van der Waals surface area contributed by atoms with Crippen LogP contribution in [-0.2, 0) is 16.4 Å². The summed E-state index contributed by atoms with van der Waals surface area (Å²) >= 11 is 0. The van der Waals surface area contributed by atoms with Crippen LogP contribution < -0.4 is 9.47 Å². The second-order valence-corrected chi connectivity index (χ2v) is 9.98. The van der Waals surface area contributed by atoms with Gasteiger partial charge < -0.3 is 9.47 Å². The molecule has 1 aliphatic rings. The van der Waals surface area contributed by atoms with Crippen molar-refractivity contribution in [2.75, 3.05) is 20.8 Å². The lowest BCUT2D eigenvalue weighted by Gasteiger charge is -2.36. The molecule has 0 amide bonds. The highest BCUT2D eigenvalue weighted by atomic mass is 32.2. The molecule has 1 aliphatic heterocycles. The highest BCUT2D eigenvalue weighted by molar-refractivity contribution is 7.89. The number of aryl methyl sites for hydroxylation is 1. The molecule has 0 saturated carbocycles. The van der Waals surface area contributed by atoms with Crippen molar-refractivity contribution in [3.05, 3.63) is 89.0 Å². The lowest BCUT2D eigenvalue weighted by atomic mass is 9.89. The van der Waals surface area contributed by atoms with Crippen molar-refractivity contribution < 1.29 is 22.7 Å². The van der Waals surface area contributed by atoms with Crippen molar-refractivity contribution in [3.8, 4) is 11.5 Å². The minimum atomic E-state index is -3.82. The Balaban J connectivity index is 1.81. The molecule has 7 heteroatoms. The van der Waals surface area contributed by atoms with Gasteiger partial charge in [-0.25, -0.2) is 8.42 Å². The lowest BCUT2D eigenvalue weighted by Crippen LogP contribution is -2.41. The first-order valence-electron chi connectivity index (χ1n) is 10.8. The van der Waals surface area contributed by atoms with Crippen LogP contribution in [0.2, 0.25) is 0 Å². The van der Waals surface area contributed by atoms with Gasteiger partial charge in [-0.15, -0.1) is 0 Å². The fourth-order valence-corrected chi connectivity index (χ4v) is 5.87. The van der Waals surface area contributed by atoms with Crippen LogP contribution in [0.25, 0.3) is 0 Å². The van der Waals surface area contributed by atoms with Gasteiger partial charge in [0.2, 0.25) is 10.0 Å². The van der Waals surface area contributed by atoms with E-state index >= 15 is 0 Å². The zero-order valence-corrected chi connectivity index (χ0v) is 19.8. The minimum Gasteiger partial charge on any atom is -0.493 e. The van der Waals surface area contributed by atoms with Gasteiger partial charge in [-0.05, 0) is 48.7 Å². The largest absolute Gasteiger partial charge is 0.493 e. The molecule has 4 rings (SSSR count). The number of carbonyl (C=O) groups is 1. The molecule has 0 N–H and O–H groups in total. The Bertz CT molecular complexity index is 1250. The highest BCUT2D eigenvalue weighted by Gasteiger charge is 2.38. The molecule has 1 heterocycles. The summed E-state index contributed by atoms with van der Waals surface area (Å²) in [5.74, 6) is 0.967. The van der Waals surface area contributed by atoms with Gasteiger partial charge in [0.1, 0.15) is 0 Å². The van der Waals surface area contributed by atoms with Gasteiger partial charge in [0.25, 0.3) is 0 Å². The average molecular weight is 466 g/mol. The Labute approximate surface area is 194 Å². The number of sulfonamides is 1. The number of nitrogens with zero attached hydrogens (tertiary/aromatic N) is 1. The topological polar surface area (TPSA) is 72.9 Å². The number of ether oxygens (including phenoxy) is 2. The van der Waals surface area contributed by atoms with E-state index in [2.05, 4.69) is 0 Å². The Morgan fingerprint density at radius 1 is 0.970 bits per heavy atom. The number of rotatable bonds is 7. The molecule has 0 fully saturated rings. The first-order valence-corrected chi connectivity index (χ1v) is 12.2. The molecule has 172 valence electrons. The van der Waals surface area contributed by atoms with Crippen molar-refractivity contribution in [1.29, 1.82) is 0 Å². The van der Waals surface area contributed by atoms with Crippen LogP contribution in [0.4, 0.5) is 0 Å². The van der Waals surface area contributed by atoms with Crippen LogP contribution in [0.15, 0.2) is 71.6 Å². The molecule has 3 aromatic carbocycles. The summed E-state index contributed by atoms with van der Waals surface area (Å²) < 4.78 is 39.7. The van der Waals surface area contributed by atoms with Gasteiger partial charge in [0, 0.05) is 18.5 Å². The first-order chi connectivity index (χ1) is 15.8. The number of hydrogen-bond acceptors (Lipinski definition) is 5. The lowest BCUT2D eigenvalue weighted by molar-refractivity contribution is 0.0950. The molecule has 6 nitrogen and oxygen atoms in total. The quantitative estimate of drug-likeness (QED) is 0.478. The summed E-state index contributed by atoms with van der Waals surface area (Å²) in [6.07, 6.45) is 0.536. The Morgan fingerprint density at radius 3 is 2.24 bits per heavy atom. The molecule has 1 unspecified atom stereocenters. The fraction of sp³-hybridized carbons (Fsp3) is 0.269. The highest BCUT2D eigenvalue weighted by Crippen LogP contribution is 2.42. The van der Waals surface area contributed by atoms with Crippen molar-refractivity contribution in [2.45, 2.75) is 30.7 Å². The number of fused-ring (bicyclic) bond motifs is 1. The summed E-state index contributed by atoms with van der Waals surface area (Å²) in [4.78, 5) is 13.4. The minimum absolute atomic E-state index is 0.0254. The van der Waals surface area contributed by atoms with Crippen LogP contribution in [0.3, 0.4) is 0 Å². The molecule has 0 radical (unpaired) electrons. The summed E-state index contributed by atoms with van der Waals surface area (Å²) in [5.41, 5.74) is 3.25. The molecule has 0 saturated heterocycles. The Hall–Kier alpha value is -3.16. The standard InChI is InChI=1S/C26H27NO5S/c1-18-9-11-21(12-10-18)33(29,30)27-14-13-20-15-25(31-2)26(32-3)16-22(20)23(27)17-24(28)19-7-5-4-6-8-19/h4-12,15-16,23H,13-14,17H2,1-3H3. The first kappa shape index (κ1) is 23.0. The monoisotopic (exact) mass is 465 g/mol. The third-order valence-electron chi connectivity index (χ3n) is 6.06. The number of ketones is 1. The molecule has 0 spiro atoms. The van der Waals surface area contributed by atoms with Crippen LogP contribution in [0, 0.1) is 6.92 Å². The van der Waals surface area contributed by atoms with Crippen LogP contribution in [0.1, 0.15) is 39.5 Å². The molecule has 0 aromatic heterocycles. The van der Waals surface area contributed by atoms with Crippen molar-refractivity contribution in [3.63, 3.8) is 0 Å². The zero-order valence-electron chi connectivity index (χ0n) is 18.9. The van der Waals surface area contributed by atoms with Crippen molar-refractivity contribution >= 4 is 15.8 Å². The molecular formula is C26H27NO5S. The van der Waals surface area contributed by atoms with Gasteiger partial charge in [0.15, 0.2) is 17.3 Å². The van der Waals surface area contributed by atoms with Gasteiger partial charge >= 0.3 is 0 Å². The number of hydrogen-bond donors (Lipinski definition) is 0. The smallest absolute Gasteiger partial charge is 0.243 e. The van der Waals surface area contributed by atoms with Gasteiger partial charge in [0.05, 0.1) is 25.2 Å². The Morgan fingerprint density at radius 2 is 1.61 bits per heavy atom. The van der Waals surface area contributed by atoms with E-state index in [0.717, 1.165) is 16.7 Å². The second-order valence-electron chi connectivity index (χ2n) is 8.09. The predicted molar refractivity (Wildman–Crippen MR) is 126 cm³/mol. The van der Waals surface area contributed by atoms with E-state index in [-0.39, 0.29) is 23.6 Å². The number of carbonyl (C=O) groups excluding carboxylic acids is 1. The summed E-state index contributed by atoms with van der Waals surface area (Å²) in [5, 5.41) is 0. The van der Waals surface area contributed by atoms with E-state index in [0.29, 0.717) is 23.5 Å². The third kappa shape index (κ3) is 4.51. The summed E-state index contributed by atoms with van der Waals surface area (Å²) in [6, 6.07) is 18.8. The van der Waals surface area contributed by atoms with Crippen LogP contribution >= 0.6 is 0 Å². The number of benzene rings is 3. The van der Waals surface area contributed by atoms with Gasteiger partial charge in [-0.3, -0.25) is 4.79 Å². The maximum atomic E-state index is 13.7. The molecule has 3 aromatic rings. The SMILES string of the molecule is COc1cc2c(cc1OC)C(CC(=O)c1ccccc1)N(S(=O)(=O)c1ccc(C)cc1)CC2. The van der Waals surface area contributed by atoms with E-state index in [1.165, 1.54) is 11.4 Å². The third-order valence-corrected chi connectivity index (χ3v) is 7.98. The number of methoxy groups -OCH3 is 2. The second kappa shape index (κ2) is 9.37. The molecule has 0 aliphatic carbocycles. The zero-order chi connectivity index (χ0) is 23.6. The van der Waals surface area contributed by atoms with Gasteiger partial charge in [-0.1, -0.05) is 48.0 Å². The average Bonchev–Trinajstić information content (AvgIpc) is 2.84. The molecular weight excluding hydrogens is 438 g/mol. The van der Waals surface area contributed by atoms with E-state index in [1.807, 2.05) is 19.1 Å². The van der Waals surface area contributed by atoms with Crippen LogP contribution in [-0.4, -0.2) is 39.3 Å². The van der Waals surface area contributed by atoms with Crippen molar-refractivity contribution in [2.24, 2.45) is 0 Å². The Kier molecular flexibility index (Phi) is 6.54. The van der Waals surface area contributed by atoms with Crippen molar-refractivity contribution in [1.82, 2.24) is 4.31 Å². The summed E-state index contributed by atoms with van der Waals surface area (Å²) in [6.45, 7) is 2.18. The van der Waals surface area contributed by atoms with Gasteiger partial charge in [-0.2, -0.15) is 4.31 Å². The molecule has 0 bridgehead atoms. The summed E-state index contributed by atoms with van der Waals surface area (Å²) in [7, 11) is -0.718. The maximum absolute atomic E-state index is 13.7. The van der Waals surface area contributed by atoms with E-state index in [4.69, 9.17) is 9.47 Å².